The number of rotatable bonds is 65. The Kier molecular flexibility index (Phi) is 60.3. The van der Waals surface area contributed by atoms with Crippen molar-refractivity contribution in [2.24, 2.45) is 28.9 Å². The number of aryl methyl sites for hydroxylation is 1. The first-order valence-electron chi connectivity index (χ1n) is 51.5. The number of amides is 6. The molecule has 21 unspecified atom stereocenters. The average Bonchev–Trinajstić information content (AvgIpc) is 1.51. The molecule has 21 atom stereocenters. The maximum atomic E-state index is 15.3. The molecule has 2 aliphatic heterocycles. The maximum Gasteiger partial charge on any atom is 0.317 e. The number of β-amino-alcohol motifs (C(OH)–C–C–N with tert-alkyl or cyclic N) is 1. The molecule has 6 rings (SSSR count). The fourth-order valence-electron chi connectivity index (χ4n) is 18.3. The second kappa shape index (κ2) is 69.8. The first-order chi connectivity index (χ1) is 68.9. The van der Waals surface area contributed by atoms with Crippen molar-refractivity contribution in [3.8, 4) is 5.75 Å². The average molecular weight is 2040 g/mol. The van der Waals surface area contributed by atoms with E-state index in [0.29, 0.717) is 44.1 Å². The first kappa shape index (κ1) is 124. The normalized spacial score (nSPS) is 22.0. The van der Waals surface area contributed by atoms with Crippen molar-refractivity contribution in [1.82, 2.24) is 89.2 Å². The molecule has 2 fully saturated rings. The van der Waals surface area contributed by atoms with E-state index in [1.165, 1.54) is 94.9 Å². The SMILES string of the molecule is CCCCC(NC(O)C(CN(CC(=O)O)CC(=O)O)NC(=O)C(Cc1ccc(O)cc1)NC(O)C(CCC(N)=O)NC(O)C(CO)NC(=O)CNC(=O)COCCOCCNC(=O)CCCCCCCCCCCCCCCC(C)C)C(O)NC1CCC(=O)NCCCCC(C(N)O)NC(O)C(Cc2c[nH]c3ccccc23)NC(O)C(C(CCNC(N)N)c2cccc(C)c2)NC(O)CNC(O)C2CCCN2C1O. The van der Waals surface area contributed by atoms with E-state index in [4.69, 9.17) is 32.4 Å². The Morgan fingerprint density at radius 1 is 0.625 bits per heavy atom. The number of unbranched alkanes of at least 4 members (excludes halogenated alkanes) is 13. The summed E-state index contributed by atoms with van der Waals surface area (Å²) >= 11 is 0. The molecule has 144 heavy (non-hydrogen) atoms. The number of nitrogens with zero attached hydrogens (tertiary/aromatic N) is 2. The van der Waals surface area contributed by atoms with Crippen LogP contribution >= 0.6 is 0 Å². The van der Waals surface area contributed by atoms with E-state index in [-0.39, 0.29) is 116 Å². The Morgan fingerprint density at radius 3 is 1.92 bits per heavy atom. The van der Waals surface area contributed by atoms with Crippen molar-refractivity contribution in [1.29, 1.82) is 0 Å². The van der Waals surface area contributed by atoms with Gasteiger partial charge in [0, 0.05) is 99.2 Å². The molecule has 0 aliphatic carbocycles. The Balaban J connectivity index is 1.16. The second-order valence-corrected chi connectivity index (χ2v) is 38.7. The predicted molar refractivity (Wildman–Crippen MR) is 541 cm³/mol. The number of phenols is 1. The molecule has 3 heterocycles. The highest BCUT2D eigenvalue weighted by Gasteiger charge is 2.43. The number of ether oxygens (including phenoxy) is 2. The van der Waals surface area contributed by atoms with Gasteiger partial charge in [0.05, 0.1) is 82.3 Å². The Labute approximate surface area is 845 Å². The number of aromatic nitrogens is 1. The van der Waals surface area contributed by atoms with Crippen molar-refractivity contribution in [2.45, 2.75) is 355 Å². The van der Waals surface area contributed by atoms with Crippen molar-refractivity contribution >= 4 is 58.3 Å². The van der Waals surface area contributed by atoms with Gasteiger partial charge in [0.25, 0.3) is 0 Å². The van der Waals surface area contributed by atoms with Crippen LogP contribution in [-0.2, 0) is 60.7 Å². The fourth-order valence-corrected chi connectivity index (χ4v) is 18.3. The molecule has 45 nitrogen and oxygen atoms in total. The number of carboxylic acids is 2. The number of phenolic OH excluding ortho intramolecular Hbond substituents is 1. The van der Waals surface area contributed by atoms with Gasteiger partial charge in [-0.1, -0.05) is 177 Å². The number of H-pyrrole nitrogens is 1. The van der Waals surface area contributed by atoms with Gasteiger partial charge < -0.3 is 135 Å². The van der Waals surface area contributed by atoms with Gasteiger partial charge in [0.1, 0.15) is 80.9 Å². The number of aliphatic hydroxyl groups is 11. The standard InChI is InChI=1S/C99H173N21O24/c1-5-6-30-72(90(134)114-74-40-42-82(125)104-44-23-22-32-71(89(101)133)111-93(137)76(53-66-54-107-70-31-21-20-29-68(66)70)116-97(141)88(69(43-45-106-99(102)103)65-28-24-27-63(4)51-65)118-84(127)56-109-96(140)79-33-25-47-120(79)98(74)142)112-94(138)77(57-119(58-86(129)130)59-87(131)132)117-92(136)75(52-64-35-37-67(122)38-36-64)115-91(135)73(39-41-80(100)123)113-95(139)78(60-121)110-83(126)55-108-85(128)61-144-50-49-143-48-46-105-81(124)34-19-17-15-13-11-9-7-8-10-12-14-16-18-26-62(2)3/h20-21,24,27-29,31,35-38,51,54,62,69,71-79,84,88-91,93-99,106-107,109,111-116,118,121-122,127,133-135,137-142H,5-19,22-23,25-26,30,32-34,39-50,52-53,55-61,101-103H2,1-4H3,(H2,100,123)(H,104,125)(H,105,124)(H,108,128)(H,110,126)(H,117,136)(H,129,130)(H,131,132). The van der Waals surface area contributed by atoms with Gasteiger partial charge in [-0.2, -0.15) is 0 Å². The molecule has 0 bridgehead atoms. The molecule has 2 saturated heterocycles. The predicted octanol–water partition coefficient (Wildman–Crippen LogP) is -2.42. The molecule has 818 valence electrons. The zero-order valence-corrected chi connectivity index (χ0v) is 84.4. The van der Waals surface area contributed by atoms with Gasteiger partial charge in [-0.25, -0.2) is 0 Å². The number of carboxylic acid groups (broad SMARTS) is 2. The molecule has 0 radical (unpaired) electrons. The number of fused-ring (bicyclic) bond motifs is 2. The Morgan fingerprint density at radius 2 is 1.28 bits per heavy atom. The van der Waals surface area contributed by atoms with E-state index in [0.717, 1.165) is 57.7 Å². The minimum atomic E-state index is -2.08. The van der Waals surface area contributed by atoms with Crippen molar-refractivity contribution in [3.05, 3.63) is 101 Å². The number of benzene rings is 3. The number of nitrogens with one attached hydrogen (secondary N) is 15. The Hall–Kier alpha value is -8.32. The molecule has 0 saturated carbocycles. The van der Waals surface area contributed by atoms with E-state index in [1.54, 1.807) is 11.1 Å². The summed E-state index contributed by atoms with van der Waals surface area (Å²) < 4.78 is 10.9. The largest absolute Gasteiger partial charge is 0.508 e. The summed E-state index contributed by atoms with van der Waals surface area (Å²) in [5, 5.41) is 205. The third-order valence-electron chi connectivity index (χ3n) is 26.2. The highest BCUT2D eigenvalue weighted by Crippen LogP contribution is 2.30. The van der Waals surface area contributed by atoms with E-state index >= 15 is 4.79 Å². The topological polar surface area (TPSA) is 733 Å². The number of aliphatic hydroxyl groups excluding tert-OH is 11. The van der Waals surface area contributed by atoms with Crippen molar-refractivity contribution < 1.29 is 119 Å². The van der Waals surface area contributed by atoms with Crippen LogP contribution in [-0.4, -0.2) is 355 Å². The smallest absolute Gasteiger partial charge is 0.317 e. The zero-order valence-electron chi connectivity index (χ0n) is 84.4. The molecule has 0 spiro atoms. The number of hydrogen-bond donors (Lipinski definition) is 33. The Bertz CT molecular complexity index is 4260. The van der Waals surface area contributed by atoms with Crippen LogP contribution in [0.3, 0.4) is 0 Å². The van der Waals surface area contributed by atoms with Crippen molar-refractivity contribution in [2.75, 3.05) is 91.9 Å². The highest BCUT2D eigenvalue weighted by atomic mass is 16.5. The van der Waals surface area contributed by atoms with E-state index in [2.05, 4.69) is 93.3 Å². The van der Waals surface area contributed by atoms with E-state index in [1.807, 2.05) is 62.4 Å². The van der Waals surface area contributed by atoms with Gasteiger partial charge in [0.2, 0.25) is 35.4 Å². The van der Waals surface area contributed by atoms with Gasteiger partial charge in [-0.15, -0.1) is 0 Å². The van der Waals surface area contributed by atoms with Crippen LogP contribution in [0.4, 0.5) is 0 Å². The number of carbonyl (C=O) groups excluding carboxylic acids is 6. The van der Waals surface area contributed by atoms with Gasteiger partial charge >= 0.3 is 11.9 Å². The minimum absolute atomic E-state index is 0.00300. The third-order valence-corrected chi connectivity index (χ3v) is 26.2. The highest BCUT2D eigenvalue weighted by molar-refractivity contribution is 5.86. The summed E-state index contributed by atoms with van der Waals surface area (Å²) in [4.78, 5) is 111. The molecule has 37 N–H and O–H groups in total. The molecule has 4 aromatic rings. The minimum Gasteiger partial charge on any atom is -0.508 e. The van der Waals surface area contributed by atoms with Crippen LogP contribution in [0.5, 0.6) is 5.75 Å². The summed E-state index contributed by atoms with van der Waals surface area (Å²) in [7, 11) is 0. The molecular formula is C99H173N21O24. The second-order valence-electron chi connectivity index (χ2n) is 38.7. The van der Waals surface area contributed by atoms with Crippen LogP contribution in [0.2, 0.25) is 0 Å². The summed E-state index contributed by atoms with van der Waals surface area (Å²) in [6.07, 6.45) is 2.12. The third kappa shape index (κ3) is 49.2. The van der Waals surface area contributed by atoms with E-state index < -0.39 is 229 Å². The number of aromatic hydroxyl groups is 1. The van der Waals surface area contributed by atoms with Crippen molar-refractivity contribution in [3.63, 3.8) is 0 Å². The molecule has 45 heteroatoms. The first-order valence-corrected chi connectivity index (χ1v) is 51.5. The number of aromatic amines is 1. The number of carbonyl (C=O) groups is 8. The fraction of sp³-hybridized carbons (Fsp3) is 0.717. The summed E-state index contributed by atoms with van der Waals surface area (Å²) in [6.45, 7) is 4.14. The lowest BCUT2D eigenvalue weighted by Crippen LogP contribution is -2.65. The molecular weight excluding hydrogens is 1870 g/mol. The van der Waals surface area contributed by atoms with Gasteiger partial charge in [-0.05, 0) is 131 Å². The molecule has 2 aliphatic rings. The summed E-state index contributed by atoms with van der Waals surface area (Å²) in [5.74, 6) is -7.25. The lowest BCUT2D eigenvalue weighted by molar-refractivity contribution is -0.142. The number of hydrogen-bond acceptors (Lipinski definition) is 36. The van der Waals surface area contributed by atoms with Gasteiger partial charge in [-0.3, -0.25) is 96.0 Å². The lowest BCUT2D eigenvalue weighted by atomic mass is 9.86. The number of nitrogens with two attached hydrogens (primary N) is 4. The van der Waals surface area contributed by atoms with E-state index in [9.17, 15) is 105 Å². The monoisotopic (exact) mass is 2040 g/mol. The van der Waals surface area contributed by atoms with Crippen LogP contribution in [0.1, 0.15) is 229 Å². The van der Waals surface area contributed by atoms with Crippen LogP contribution in [0.25, 0.3) is 10.9 Å². The van der Waals surface area contributed by atoms with Crippen LogP contribution in [0, 0.1) is 12.8 Å². The van der Waals surface area contributed by atoms with Gasteiger partial charge in [0.15, 0.2) is 0 Å². The lowest BCUT2D eigenvalue weighted by Gasteiger charge is -2.40. The molecule has 1 aromatic heterocycles. The number of primary amides is 1. The summed E-state index contributed by atoms with van der Waals surface area (Å²) in [6, 6.07) is 7.39. The molecule has 6 amide bonds. The summed E-state index contributed by atoms with van der Waals surface area (Å²) in [5.41, 5.74) is 27.3. The number of para-hydroxylation sites is 1. The van der Waals surface area contributed by atoms with Crippen LogP contribution < -0.4 is 97.4 Å². The quantitative estimate of drug-likeness (QED) is 0.0162. The molecule has 3 aromatic carbocycles. The van der Waals surface area contributed by atoms with Crippen LogP contribution in [0.15, 0.2) is 79.0 Å². The number of aliphatic carboxylic acids is 2. The zero-order chi connectivity index (χ0) is 105. The maximum absolute atomic E-state index is 15.3.